The van der Waals surface area contributed by atoms with Gasteiger partial charge in [0.25, 0.3) is 5.24 Å². The molecular weight excluding hydrogens is 529 g/mol. The summed E-state index contributed by atoms with van der Waals surface area (Å²) >= 11 is 17.2. The van der Waals surface area contributed by atoms with Crippen LogP contribution < -0.4 is 0 Å². The molecule has 0 unspecified atom stereocenters. The van der Waals surface area contributed by atoms with Crippen LogP contribution in [-0.2, 0) is 17.3 Å². The molecule has 0 aliphatic heterocycles. The molecule has 2 rings (SSSR count). The third kappa shape index (κ3) is 12.3. The predicted molar refractivity (Wildman–Crippen MR) is 125 cm³/mol. The molecule has 0 aliphatic carbocycles. The van der Waals surface area contributed by atoms with E-state index in [1.807, 2.05) is 0 Å². The topological polar surface area (TPSA) is 34.1 Å². The first-order chi connectivity index (χ1) is 12.0. The summed E-state index contributed by atoms with van der Waals surface area (Å²) in [5.41, 5.74) is 1.29. The fourth-order valence-corrected chi connectivity index (χ4v) is 2.46. The molecule has 0 bridgehead atoms. The van der Waals surface area contributed by atoms with Gasteiger partial charge in [-0.25, -0.2) is 8.78 Å². The molecule has 0 spiro atoms. The fraction of sp³-hybridized carbons (Fsp3) is 0.286. The van der Waals surface area contributed by atoms with Crippen molar-refractivity contribution in [2.45, 2.75) is 43.1 Å². The van der Waals surface area contributed by atoms with E-state index >= 15 is 0 Å². The van der Waals surface area contributed by atoms with Crippen LogP contribution in [0, 0.1) is 32.9 Å². The number of halogens is 6. The van der Waals surface area contributed by atoms with Crippen molar-refractivity contribution in [3.05, 3.63) is 75.6 Å². The number of hydrogen-bond acceptors (Lipinski definition) is 2. The summed E-state index contributed by atoms with van der Waals surface area (Å²) < 4.78 is 25.6. The molecule has 2 aromatic rings. The minimum atomic E-state index is -0.678. The Bertz CT molecular complexity index is 749. The zero-order valence-corrected chi connectivity index (χ0v) is 21.1. The fourth-order valence-electron chi connectivity index (χ4n) is 1.73. The zero-order chi connectivity index (χ0) is 20.6. The quantitative estimate of drug-likeness (QED) is 0.160. The zero-order valence-electron chi connectivity index (χ0n) is 15.1. The molecule has 0 fully saturated rings. The van der Waals surface area contributed by atoms with E-state index in [9.17, 15) is 18.4 Å². The van der Waals surface area contributed by atoms with E-state index in [0.29, 0.717) is 16.7 Å². The van der Waals surface area contributed by atoms with Crippen LogP contribution in [0.5, 0.6) is 0 Å². The van der Waals surface area contributed by atoms with E-state index in [1.54, 1.807) is 6.92 Å². The molecule has 0 heterocycles. The minimum absolute atomic E-state index is 0. The molecule has 0 atom stereocenters. The Labute approximate surface area is 209 Å². The summed E-state index contributed by atoms with van der Waals surface area (Å²) in [6, 6.07) is 5.02. The van der Waals surface area contributed by atoms with Gasteiger partial charge in [0.1, 0.15) is 11.6 Å². The Balaban J connectivity index is -0.000000114. The van der Waals surface area contributed by atoms with Gasteiger partial charge >= 0.3 is 27.0 Å². The van der Waals surface area contributed by atoms with E-state index < -0.39 is 11.1 Å². The van der Waals surface area contributed by atoms with Gasteiger partial charge in [0.05, 0.1) is 15.6 Å². The number of hydrogen-bond donors (Lipinski definition) is 0. The average Bonchev–Trinajstić information content (AvgIpc) is 2.56. The molecule has 0 saturated carbocycles. The molecule has 0 amide bonds. The Kier molecular flexibility index (Phi) is 25.4. The molecule has 2 aromatic carbocycles. The second-order valence-electron chi connectivity index (χ2n) is 4.99. The molecule has 0 aliphatic rings. The van der Waals surface area contributed by atoms with Crippen LogP contribution >= 0.6 is 44.5 Å². The summed E-state index contributed by atoms with van der Waals surface area (Å²) in [6.07, 6.45) is 0. The first-order valence-electron chi connectivity index (χ1n) is 6.93. The van der Waals surface area contributed by atoms with Crippen molar-refractivity contribution in [1.82, 2.24) is 0 Å². The van der Waals surface area contributed by atoms with Crippen molar-refractivity contribution in [3.63, 3.8) is 0 Å². The Morgan fingerprint density at radius 1 is 0.800 bits per heavy atom. The number of benzene rings is 2. The van der Waals surface area contributed by atoms with Crippen molar-refractivity contribution in [2.75, 3.05) is 0 Å². The average molecular weight is 558 g/mol. The van der Waals surface area contributed by atoms with Gasteiger partial charge in [-0.1, -0.05) is 45.5 Å². The van der Waals surface area contributed by atoms with E-state index in [1.165, 1.54) is 26.0 Å². The molecule has 0 N–H and O–H groups in total. The Morgan fingerprint density at radius 3 is 1.40 bits per heavy atom. The van der Waals surface area contributed by atoms with Crippen LogP contribution in [0.2, 0.25) is 10.0 Å². The van der Waals surface area contributed by atoms with Crippen LogP contribution in [0.25, 0.3) is 0 Å². The van der Waals surface area contributed by atoms with Crippen LogP contribution in [0.15, 0.2) is 24.3 Å². The van der Waals surface area contributed by atoms with Gasteiger partial charge < -0.3 is 7.43 Å². The predicted octanol–water partition coefficient (Wildman–Crippen LogP) is 9.20. The third-order valence-electron chi connectivity index (χ3n) is 3.09. The second-order valence-corrected chi connectivity index (χ2v) is 6.15. The SMILES string of the molecule is C.C.C.CC(=O)c1cc(C)c(F)cc1Cl.Cc1cc(C(=O)Cl)c(Cl)cc1F.[CH3-].[Cl][Zn+]. The van der Waals surface area contributed by atoms with Crippen LogP contribution in [-0.4, -0.2) is 11.0 Å². The standard InChI is InChI=1S/C9H8ClFO.C8H5Cl2FO.3CH4.CH3.ClH.Zn/c1-5-3-7(6(2)12)8(10)4-9(5)11;1-4-2-5(8(10)12)6(9)3-7(4)11;;;;;;/h3-4H,1-2H3;2-3H,1H3;3*1H4;1H3;1H;/q;;;;;-1;;+2/p-1. The molecule has 30 heavy (non-hydrogen) atoms. The van der Waals surface area contributed by atoms with Crippen LogP contribution in [0.1, 0.15) is 61.0 Å². The number of carbonyl (C=O) groups is 2. The number of Topliss-reactive ketones (excluding diaryl/α,β-unsaturated/α-hetero) is 1. The summed E-state index contributed by atoms with van der Waals surface area (Å²) in [5, 5.41) is -0.466. The summed E-state index contributed by atoms with van der Waals surface area (Å²) in [6.45, 7) is 4.53. The van der Waals surface area contributed by atoms with Gasteiger partial charge in [-0.2, -0.15) is 0 Å². The molecular formula is C21H28Cl4F2O2Zn. The maximum atomic E-state index is 12.8. The van der Waals surface area contributed by atoms with Gasteiger partial charge in [0.15, 0.2) is 5.78 Å². The molecule has 168 valence electrons. The Morgan fingerprint density at radius 2 is 1.10 bits per heavy atom. The van der Waals surface area contributed by atoms with Gasteiger partial charge in [-0.05, 0) is 67.8 Å². The number of ketones is 1. The van der Waals surface area contributed by atoms with Crippen molar-refractivity contribution in [1.29, 1.82) is 0 Å². The first kappa shape index (κ1) is 39.9. The van der Waals surface area contributed by atoms with Crippen LogP contribution in [0.4, 0.5) is 8.78 Å². The molecule has 0 radical (unpaired) electrons. The molecule has 2 nitrogen and oxygen atoms in total. The van der Waals surface area contributed by atoms with Gasteiger partial charge in [-0.15, -0.1) is 0 Å². The van der Waals surface area contributed by atoms with Crippen molar-refractivity contribution < 1.29 is 35.7 Å². The summed E-state index contributed by atoms with van der Waals surface area (Å²) in [7, 11) is 4.76. The molecule has 0 saturated heterocycles. The van der Waals surface area contributed by atoms with Crippen molar-refractivity contribution >= 4 is 55.5 Å². The van der Waals surface area contributed by atoms with Gasteiger partial charge in [0, 0.05) is 5.56 Å². The first-order valence-corrected chi connectivity index (χ1v) is 12.0. The molecule has 0 aromatic heterocycles. The number of carbonyl (C=O) groups excluding carboxylic acids is 2. The monoisotopic (exact) mass is 554 g/mol. The maximum absolute atomic E-state index is 12.8. The second kappa shape index (κ2) is 19.1. The van der Waals surface area contributed by atoms with Crippen LogP contribution in [0.3, 0.4) is 0 Å². The van der Waals surface area contributed by atoms with E-state index in [4.69, 9.17) is 44.5 Å². The molecule has 9 heteroatoms. The summed E-state index contributed by atoms with van der Waals surface area (Å²) in [5.74, 6) is -0.977. The Hall–Kier alpha value is -0.577. The van der Waals surface area contributed by atoms with Crippen molar-refractivity contribution in [3.8, 4) is 0 Å². The van der Waals surface area contributed by atoms with E-state index in [-0.39, 0.29) is 56.9 Å². The number of aryl methyl sites for hydroxylation is 2. The van der Waals surface area contributed by atoms with Gasteiger partial charge in [-0.3, -0.25) is 9.59 Å². The normalized spacial score (nSPS) is 8.23. The van der Waals surface area contributed by atoms with E-state index in [2.05, 4.69) is 0 Å². The summed E-state index contributed by atoms with van der Waals surface area (Å²) in [4.78, 5) is 21.6. The third-order valence-corrected chi connectivity index (χ3v) is 3.92. The van der Waals surface area contributed by atoms with Crippen molar-refractivity contribution in [2.24, 2.45) is 0 Å². The van der Waals surface area contributed by atoms with Gasteiger partial charge in [0.2, 0.25) is 0 Å². The number of rotatable bonds is 2. The van der Waals surface area contributed by atoms with E-state index in [0.717, 1.165) is 29.4 Å².